The Morgan fingerprint density at radius 3 is 2.47 bits per heavy atom. The fourth-order valence-electron chi connectivity index (χ4n) is 2.67. The van der Waals surface area contributed by atoms with Crippen molar-refractivity contribution >= 4 is 5.97 Å². The summed E-state index contributed by atoms with van der Waals surface area (Å²) in [5.41, 5.74) is 2.70. The summed E-state index contributed by atoms with van der Waals surface area (Å²) in [6.07, 6.45) is 3.87. The molecule has 0 atom stereocenters. The van der Waals surface area contributed by atoms with Crippen LogP contribution >= 0.6 is 0 Å². The predicted molar refractivity (Wildman–Crippen MR) is 76.3 cm³/mol. The Morgan fingerprint density at radius 1 is 1.26 bits per heavy atom. The molecule has 1 N–H and O–H groups in total. The van der Waals surface area contributed by atoms with Crippen LogP contribution in [-0.2, 0) is 11.2 Å². The van der Waals surface area contributed by atoms with Crippen LogP contribution in [0.1, 0.15) is 30.4 Å². The SMILES string of the molecule is Cc1ccc(CCCN2CCC(C(=O)O)CC2)cc1. The summed E-state index contributed by atoms with van der Waals surface area (Å²) < 4.78 is 0. The number of likely N-dealkylation sites (tertiary alicyclic amines) is 1. The molecule has 1 saturated heterocycles. The zero-order chi connectivity index (χ0) is 13.7. The number of hydrogen-bond acceptors (Lipinski definition) is 2. The lowest BCUT2D eigenvalue weighted by Crippen LogP contribution is -2.36. The maximum absolute atomic E-state index is 10.9. The molecular weight excluding hydrogens is 238 g/mol. The minimum Gasteiger partial charge on any atom is -0.481 e. The van der Waals surface area contributed by atoms with Gasteiger partial charge in [-0.1, -0.05) is 29.8 Å². The summed E-state index contributed by atoms with van der Waals surface area (Å²) >= 11 is 0. The van der Waals surface area contributed by atoms with Crippen LogP contribution in [0.5, 0.6) is 0 Å². The van der Waals surface area contributed by atoms with Gasteiger partial charge in [0.1, 0.15) is 0 Å². The first-order valence-corrected chi connectivity index (χ1v) is 7.16. The second kappa shape index (κ2) is 6.71. The van der Waals surface area contributed by atoms with Crippen LogP contribution in [0.4, 0.5) is 0 Å². The average molecular weight is 261 g/mol. The lowest BCUT2D eigenvalue weighted by atomic mass is 9.97. The van der Waals surface area contributed by atoms with Crippen LogP contribution < -0.4 is 0 Å². The van der Waals surface area contributed by atoms with Crippen molar-refractivity contribution in [3.8, 4) is 0 Å². The first-order valence-electron chi connectivity index (χ1n) is 7.16. The topological polar surface area (TPSA) is 40.5 Å². The summed E-state index contributed by atoms with van der Waals surface area (Å²) in [6.45, 7) is 5.06. The van der Waals surface area contributed by atoms with Crippen molar-refractivity contribution in [1.82, 2.24) is 4.90 Å². The largest absolute Gasteiger partial charge is 0.481 e. The third-order valence-corrected chi connectivity index (χ3v) is 4.00. The van der Waals surface area contributed by atoms with Crippen LogP contribution in [0.25, 0.3) is 0 Å². The summed E-state index contributed by atoms with van der Waals surface area (Å²) in [4.78, 5) is 13.3. The quantitative estimate of drug-likeness (QED) is 0.886. The van der Waals surface area contributed by atoms with E-state index < -0.39 is 5.97 Å². The molecule has 1 aliphatic heterocycles. The molecule has 1 aromatic rings. The van der Waals surface area contributed by atoms with Gasteiger partial charge in [-0.3, -0.25) is 4.79 Å². The van der Waals surface area contributed by atoms with E-state index in [2.05, 4.69) is 36.1 Å². The number of carboxylic acids is 1. The van der Waals surface area contributed by atoms with E-state index in [1.165, 1.54) is 11.1 Å². The van der Waals surface area contributed by atoms with E-state index in [-0.39, 0.29) is 5.92 Å². The van der Waals surface area contributed by atoms with E-state index in [0.29, 0.717) is 0 Å². The average Bonchev–Trinajstić information content (AvgIpc) is 2.41. The van der Waals surface area contributed by atoms with E-state index in [1.807, 2.05) is 0 Å². The highest BCUT2D eigenvalue weighted by molar-refractivity contribution is 5.70. The molecule has 0 unspecified atom stereocenters. The minimum atomic E-state index is -0.626. The highest BCUT2D eigenvalue weighted by atomic mass is 16.4. The molecule has 19 heavy (non-hydrogen) atoms. The fourth-order valence-corrected chi connectivity index (χ4v) is 2.67. The Morgan fingerprint density at radius 2 is 1.89 bits per heavy atom. The molecule has 0 saturated carbocycles. The van der Waals surface area contributed by atoms with Crippen LogP contribution in [0.15, 0.2) is 24.3 Å². The summed E-state index contributed by atoms with van der Waals surface area (Å²) in [5, 5.41) is 8.95. The lowest BCUT2D eigenvalue weighted by molar-refractivity contribution is -0.143. The molecule has 1 aliphatic rings. The monoisotopic (exact) mass is 261 g/mol. The Balaban J connectivity index is 1.67. The Bertz CT molecular complexity index is 405. The Kier molecular flexibility index (Phi) is 4.97. The smallest absolute Gasteiger partial charge is 0.306 e. The number of nitrogens with zero attached hydrogens (tertiary/aromatic N) is 1. The number of rotatable bonds is 5. The van der Waals surface area contributed by atoms with Gasteiger partial charge in [-0.25, -0.2) is 0 Å². The van der Waals surface area contributed by atoms with Gasteiger partial charge in [-0.2, -0.15) is 0 Å². The van der Waals surface area contributed by atoms with Gasteiger partial charge in [-0.05, 0) is 57.8 Å². The van der Waals surface area contributed by atoms with Gasteiger partial charge in [0.15, 0.2) is 0 Å². The molecule has 3 heteroatoms. The van der Waals surface area contributed by atoms with Gasteiger partial charge in [0, 0.05) is 0 Å². The molecule has 1 aromatic carbocycles. The van der Waals surface area contributed by atoms with Crippen LogP contribution in [-0.4, -0.2) is 35.6 Å². The normalized spacial score (nSPS) is 17.5. The van der Waals surface area contributed by atoms with E-state index in [4.69, 9.17) is 5.11 Å². The third kappa shape index (κ3) is 4.35. The van der Waals surface area contributed by atoms with Crippen LogP contribution in [0.3, 0.4) is 0 Å². The van der Waals surface area contributed by atoms with E-state index in [1.54, 1.807) is 0 Å². The maximum Gasteiger partial charge on any atom is 0.306 e. The molecule has 1 fully saturated rings. The number of aryl methyl sites for hydroxylation is 2. The van der Waals surface area contributed by atoms with Crippen molar-refractivity contribution in [2.75, 3.05) is 19.6 Å². The summed E-state index contributed by atoms with van der Waals surface area (Å²) in [7, 11) is 0. The minimum absolute atomic E-state index is 0.117. The Hall–Kier alpha value is -1.35. The molecule has 104 valence electrons. The molecule has 0 spiro atoms. The second-order valence-corrected chi connectivity index (χ2v) is 5.54. The maximum atomic E-state index is 10.9. The number of hydrogen-bond donors (Lipinski definition) is 1. The van der Waals surface area contributed by atoms with Crippen LogP contribution in [0, 0.1) is 12.8 Å². The zero-order valence-electron chi connectivity index (χ0n) is 11.6. The van der Waals surface area contributed by atoms with Gasteiger partial charge >= 0.3 is 5.97 Å². The standard InChI is InChI=1S/C16H23NO2/c1-13-4-6-14(7-5-13)3-2-10-17-11-8-15(9-12-17)16(18)19/h4-7,15H,2-3,8-12H2,1H3,(H,18,19). The molecule has 0 radical (unpaired) electrons. The van der Waals surface area contributed by atoms with E-state index in [9.17, 15) is 4.79 Å². The van der Waals surface area contributed by atoms with Crippen molar-refractivity contribution in [2.24, 2.45) is 5.92 Å². The van der Waals surface area contributed by atoms with E-state index in [0.717, 1.165) is 45.3 Å². The third-order valence-electron chi connectivity index (χ3n) is 4.00. The first kappa shape index (κ1) is 14.1. The van der Waals surface area contributed by atoms with E-state index >= 15 is 0 Å². The van der Waals surface area contributed by atoms with Gasteiger partial charge < -0.3 is 10.0 Å². The number of piperidine rings is 1. The summed E-state index contributed by atoms with van der Waals surface area (Å²) in [6, 6.07) is 8.72. The molecule has 1 heterocycles. The van der Waals surface area contributed by atoms with Crippen molar-refractivity contribution in [1.29, 1.82) is 0 Å². The number of carbonyl (C=O) groups is 1. The van der Waals surface area contributed by atoms with Crippen LogP contribution in [0.2, 0.25) is 0 Å². The van der Waals surface area contributed by atoms with Gasteiger partial charge in [-0.15, -0.1) is 0 Å². The van der Waals surface area contributed by atoms with Crippen molar-refractivity contribution < 1.29 is 9.90 Å². The number of carboxylic acid groups (broad SMARTS) is 1. The lowest BCUT2D eigenvalue weighted by Gasteiger charge is -2.29. The highest BCUT2D eigenvalue weighted by Gasteiger charge is 2.23. The number of aliphatic carboxylic acids is 1. The second-order valence-electron chi connectivity index (χ2n) is 5.54. The number of benzene rings is 1. The molecule has 0 aliphatic carbocycles. The van der Waals surface area contributed by atoms with Gasteiger partial charge in [0.25, 0.3) is 0 Å². The first-order chi connectivity index (χ1) is 9.15. The molecule has 0 amide bonds. The van der Waals surface area contributed by atoms with Crippen molar-refractivity contribution in [3.05, 3.63) is 35.4 Å². The molecule has 0 aromatic heterocycles. The fraction of sp³-hybridized carbons (Fsp3) is 0.562. The molecule has 2 rings (SSSR count). The summed E-state index contributed by atoms with van der Waals surface area (Å²) in [5.74, 6) is -0.743. The van der Waals surface area contributed by atoms with Crippen molar-refractivity contribution in [3.63, 3.8) is 0 Å². The van der Waals surface area contributed by atoms with Gasteiger partial charge in [0.05, 0.1) is 5.92 Å². The Labute approximate surface area is 115 Å². The zero-order valence-corrected chi connectivity index (χ0v) is 11.6. The molecule has 0 bridgehead atoms. The van der Waals surface area contributed by atoms with Crippen molar-refractivity contribution in [2.45, 2.75) is 32.6 Å². The molecule has 3 nitrogen and oxygen atoms in total. The molecular formula is C16H23NO2. The predicted octanol–water partition coefficient (Wildman–Crippen LogP) is 2.72. The van der Waals surface area contributed by atoms with Gasteiger partial charge in [0.2, 0.25) is 0 Å². The highest BCUT2D eigenvalue weighted by Crippen LogP contribution is 2.17.